The Bertz CT molecular complexity index is 1150. The number of rotatable bonds is 20. The predicted octanol–water partition coefficient (Wildman–Crippen LogP) is -8.71. The normalized spacial score (nSPS) is 29.0. The summed E-state index contributed by atoms with van der Waals surface area (Å²) in [5.74, 6) is -5.04. The van der Waals surface area contributed by atoms with Crippen LogP contribution >= 0.6 is 0 Å². The summed E-state index contributed by atoms with van der Waals surface area (Å²) in [5, 5.41) is 64.9. The van der Waals surface area contributed by atoms with Crippen LogP contribution in [0.1, 0.15) is 20.3 Å². The molecule has 1 saturated heterocycles. The molecule has 2 fully saturated rings. The molecule has 0 aromatic carbocycles. The number of primary amides is 2. The van der Waals surface area contributed by atoms with Crippen molar-refractivity contribution in [1.82, 2.24) is 31.3 Å². The molecule has 298 valence electrons. The number of carbonyl (C=O) groups is 6. The minimum atomic E-state index is -1.55. The van der Waals surface area contributed by atoms with Crippen molar-refractivity contribution < 1.29 is 73.6 Å². The van der Waals surface area contributed by atoms with Crippen molar-refractivity contribution in [2.24, 2.45) is 17.4 Å². The van der Waals surface area contributed by atoms with Gasteiger partial charge in [0.05, 0.1) is 70.8 Å². The van der Waals surface area contributed by atoms with E-state index in [-0.39, 0.29) is 38.6 Å². The van der Waals surface area contributed by atoms with E-state index in [0.717, 1.165) is 9.80 Å². The molecular weight excluding hydrogens is 700 g/mol. The average Bonchev–Trinajstić information content (AvgIpc) is 3.05. The van der Waals surface area contributed by atoms with Gasteiger partial charge in [-0.25, -0.2) is 0 Å². The summed E-state index contributed by atoms with van der Waals surface area (Å²) in [6.45, 7) is -0.358. The van der Waals surface area contributed by atoms with Gasteiger partial charge in [-0.1, -0.05) is 6.92 Å². The minimum absolute atomic E-state index is 0.0543. The van der Waals surface area contributed by atoms with E-state index in [0.29, 0.717) is 0 Å². The van der Waals surface area contributed by atoms with Crippen molar-refractivity contribution in [2.75, 3.05) is 65.6 Å². The summed E-state index contributed by atoms with van der Waals surface area (Å²) in [5.41, 5.74) is 14.4. The average molecular weight is 753 g/mol. The highest BCUT2D eigenvalue weighted by molar-refractivity contribution is 5.87. The summed E-state index contributed by atoms with van der Waals surface area (Å²) in [4.78, 5) is 75.1. The van der Waals surface area contributed by atoms with Crippen LogP contribution in [-0.2, 0) is 43.0 Å². The third-order valence-electron chi connectivity index (χ3n) is 8.11. The Morgan fingerprint density at radius 3 is 1.56 bits per heavy atom. The van der Waals surface area contributed by atoms with Gasteiger partial charge in [-0.3, -0.25) is 49.4 Å². The fourth-order valence-electron chi connectivity index (χ4n) is 5.41. The number of amides is 6. The second-order valence-corrected chi connectivity index (χ2v) is 12.7. The topological polar surface area (TPSA) is 358 Å². The van der Waals surface area contributed by atoms with Crippen molar-refractivity contribution >= 4 is 35.4 Å². The van der Waals surface area contributed by atoms with Crippen LogP contribution in [0, 0.1) is 5.92 Å². The van der Waals surface area contributed by atoms with Gasteiger partial charge in [0.15, 0.2) is 6.29 Å². The maximum Gasteiger partial charge on any atom is 0.252 e. The molecule has 14 N–H and O–H groups in total. The number of hydrazine groups is 1. The van der Waals surface area contributed by atoms with E-state index in [1.54, 1.807) is 6.92 Å². The molecule has 10 atom stereocenters. The second kappa shape index (κ2) is 21.8. The van der Waals surface area contributed by atoms with Crippen LogP contribution in [-0.4, -0.2) is 197 Å². The van der Waals surface area contributed by atoms with Gasteiger partial charge in [0.2, 0.25) is 23.6 Å². The number of aliphatic hydroxyl groups is 6. The van der Waals surface area contributed by atoms with E-state index in [9.17, 15) is 59.4 Å². The lowest BCUT2D eigenvalue weighted by Crippen LogP contribution is -2.57. The Balaban J connectivity index is 1.91. The van der Waals surface area contributed by atoms with Crippen LogP contribution in [0.25, 0.3) is 0 Å². The van der Waals surface area contributed by atoms with Crippen LogP contribution in [0.3, 0.4) is 0 Å². The molecule has 1 heterocycles. The quantitative estimate of drug-likeness (QED) is 0.0406. The molecule has 0 radical (unpaired) electrons. The SMILES string of the molecule is C[C@@H]1C[C@@H](OCCNC(=O)CN(CC(=O)NCCO[C@@H]2O[C@@H](C)[C@@H](O)[C@H](O)[C@@H]2O)CC(=O)NNC(=O)CN(CC(N)=O)CC(N)=O)[C@@H](O)[C@H](O)[C@@H]1O. The van der Waals surface area contributed by atoms with E-state index < -0.39 is 130 Å². The lowest BCUT2D eigenvalue weighted by molar-refractivity contribution is -0.292. The lowest BCUT2D eigenvalue weighted by atomic mass is 9.82. The summed E-state index contributed by atoms with van der Waals surface area (Å²) in [7, 11) is 0. The smallest absolute Gasteiger partial charge is 0.252 e. The largest absolute Gasteiger partial charge is 0.390 e. The van der Waals surface area contributed by atoms with Crippen molar-refractivity contribution in [2.45, 2.75) is 75.4 Å². The van der Waals surface area contributed by atoms with E-state index in [1.807, 2.05) is 0 Å². The molecule has 23 nitrogen and oxygen atoms in total. The monoisotopic (exact) mass is 752 g/mol. The van der Waals surface area contributed by atoms with Crippen LogP contribution in [0.4, 0.5) is 0 Å². The van der Waals surface area contributed by atoms with Gasteiger partial charge in [0.1, 0.15) is 30.5 Å². The molecule has 6 amide bonds. The van der Waals surface area contributed by atoms with Crippen LogP contribution in [0.15, 0.2) is 0 Å². The standard InChI is InChI=1S/C29H52N8O15/c1-14-7-16(25(46)26(47)23(14)44)50-5-3-32-19(40)10-37(13-22(43)35-34-21(42)12-36(8-17(30)38)9-18(31)39)11-20(41)33-4-6-51-29-28(49)27(48)24(45)15(2)52-29/h14-16,23-29,44-49H,3-13H2,1-2H3,(H2,30,38)(H2,31,39)(H,32,40)(H,33,41)(H,34,42)(H,35,43)/t14-,15+,16-,23-,24-,25-,26-,27+,28+,29-/m1/s1. The number of carbonyl (C=O) groups excluding carboxylic acids is 6. The summed E-state index contributed by atoms with van der Waals surface area (Å²) >= 11 is 0. The highest BCUT2D eigenvalue weighted by Crippen LogP contribution is 2.27. The van der Waals surface area contributed by atoms with Crippen molar-refractivity contribution in [3.05, 3.63) is 0 Å². The third-order valence-corrected chi connectivity index (χ3v) is 8.11. The summed E-state index contributed by atoms with van der Waals surface area (Å²) in [6.07, 6.45) is -10.9. The molecule has 2 rings (SSSR count). The number of hydrogen-bond acceptors (Lipinski definition) is 17. The van der Waals surface area contributed by atoms with E-state index in [1.165, 1.54) is 6.92 Å². The Morgan fingerprint density at radius 2 is 1.06 bits per heavy atom. The molecule has 1 aliphatic carbocycles. The molecule has 0 bridgehead atoms. The Hall–Kier alpha value is -3.62. The molecule has 1 aliphatic heterocycles. The summed E-state index contributed by atoms with van der Waals surface area (Å²) < 4.78 is 16.3. The summed E-state index contributed by atoms with van der Waals surface area (Å²) in [6, 6.07) is 0. The van der Waals surface area contributed by atoms with E-state index in [4.69, 9.17) is 25.7 Å². The Kier molecular flexibility index (Phi) is 18.7. The van der Waals surface area contributed by atoms with Gasteiger partial charge in [-0.15, -0.1) is 0 Å². The maximum absolute atomic E-state index is 12.7. The fraction of sp³-hybridized carbons (Fsp3) is 0.793. The molecule has 0 spiro atoms. The zero-order valence-corrected chi connectivity index (χ0v) is 29.0. The van der Waals surface area contributed by atoms with Gasteiger partial charge in [0, 0.05) is 13.1 Å². The first kappa shape index (κ1) is 44.5. The lowest BCUT2D eigenvalue weighted by Gasteiger charge is -2.38. The zero-order chi connectivity index (χ0) is 39.1. The molecule has 0 aromatic rings. The van der Waals surface area contributed by atoms with E-state index in [2.05, 4.69) is 21.5 Å². The highest BCUT2D eigenvalue weighted by atomic mass is 16.7. The Morgan fingerprint density at radius 1 is 0.615 bits per heavy atom. The second-order valence-electron chi connectivity index (χ2n) is 12.7. The van der Waals surface area contributed by atoms with Gasteiger partial charge >= 0.3 is 0 Å². The first-order valence-electron chi connectivity index (χ1n) is 16.5. The number of hydrogen-bond donors (Lipinski definition) is 12. The number of nitrogens with zero attached hydrogens (tertiary/aromatic N) is 2. The highest BCUT2D eigenvalue weighted by Gasteiger charge is 2.43. The molecule has 52 heavy (non-hydrogen) atoms. The number of nitrogens with one attached hydrogen (secondary N) is 4. The van der Waals surface area contributed by atoms with Crippen LogP contribution in [0.5, 0.6) is 0 Å². The Labute approximate surface area is 298 Å². The van der Waals surface area contributed by atoms with Crippen molar-refractivity contribution in [1.29, 1.82) is 0 Å². The minimum Gasteiger partial charge on any atom is -0.390 e. The maximum atomic E-state index is 12.7. The van der Waals surface area contributed by atoms with Gasteiger partial charge in [-0.05, 0) is 19.3 Å². The number of nitrogens with two attached hydrogens (primary N) is 2. The first-order valence-corrected chi connectivity index (χ1v) is 16.5. The van der Waals surface area contributed by atoms with Crippen molar-refractivity contribution in [3.63, 3.8) is 0 Å². The van der Waals surface area contributed by atoms with Gasteiger partial charge in [0.25, 0.3) is 11.8 Å². The molecule has 0 unspecified atom stereocenters. The fourth-order valence-corrected chi connectivity index (χ4v) is 5.41. The molecule has 0 aromatic heterocycles. The zero-order valence-electron chi connectivity index (χ0n) is 29.0. The molecule has 2 aliphatic rings. The predicted molar refractivity (Wildman–Crippen MR) is 173 cm³/mol. The molecule has 23 heteroatoms. The first-order chi connectivity index (χ1) is 24.4. The third kappa shape index (κ3) is 15.2. The van der Waals surface area contributed by atoms with E-state index >= 15 is 0 Å². The number of ether oxygens (including phenoxy) is 3. The van der Waals surface area contributed by atoms with Gasteiger partial charge < -0.3 is 67.0 Å². The van der Waals surface area contributed by atoms with Crippen LogP contribution < -0.4 is 33.0 Å². The van der Waals surface area contributed by atoms with Gasteiger partial charge in [-0.2, -0.15) is 0 Å². The van der Waals surface area contributed by atoms with Crippen LogP contribution in [0.2, 0.25) is 0 Å². The molecular formula is C29H52N8O15. The van der Waals surface area contributed by atoms with Crippen molar-refractivity contribution in [3.8, 4) is 0 Å². The number of aliphatic hydroxyl groups excluding tert-OH is 6. The molecule has 1 saturated carbocycles.